The van der Waals surface area contributed by atoms with E-state index in [0.29, 0.717) is 35.3 Å². The Bertz CT molecular complexity index is 1430. The number of carbonyl (C=O) groups excluding carboxylic acids is 1. The van der Waals surface area contributed by atoms with Crippen molar-refractivity contribution in [3.63, 3.8) is 0 Å². The molecule has 0 aliphatic heterocycles. The molecule has 6 heteroatoms. The largest absolute Gasteiger partial charge is 0.328 e. The van der Waals surface area contributed by atoms with Gasteiger partial charge in [0.05, 0.1) is 22.6 Å². The van der Waals surface area contributed by atoms with Gasteiger partial charge < -0.3 is 4.90 Å². The number of hydrogen-bond donors (Lipinski definition) is 0. The topological polar surface area (TPSA) is 55.2 Å². The third-order valence-corrected chi connectivity index (χ3v) is 6.80. The molecule has 0 radical (unpaired) electrons. The molecule has 1 aromatic heterocycles. The number of carbonyl (C=O) groups is 1. The Kier molecular flexibility index (Phi) is 7.51. The van der Waals surface area contributed by atoms with Gasteiger partial charge in [-0.15, -0.1) is 0 Å². The van der Waals surface area contributed by atoms with Crippen LogP contribution in [0, 0.1) is 13.8 Å². The standard InChI is InChI=1S/C29H30BrN3O2/c1-5-17-32(28(34)21-12-14-22(30)15-13-21)25(6-2)27-31-24-10-8-7-9-23(24)29(35)33(27)26-16-11-19(3)18-20(26)4/h7-16,18,25H,5-6,17H2,1-4H3. The molecule has 0 N–H and O–H groups in total. The van der Waals surface area contributed by atoms with E-state index >= 15 is 0 Å². The van der Waals surface area contributed by atoms with E-state index in [4.69, 9.17) is 4.98 Å². The molecule has 1 heterocycles. The summed E-state index contributed by atoms with van der Waals surface area (Å²) in [6.07, 6.45) is 1.41. The fraction of sp³-hybridized carbons (Fsp3) is 0.276. The fourth-order valence-electron chi connectivity index (χ4n) is 4.60. The van der Waals surface area contributed by atoms with Crippen molar-refractivity contribution in [2.45, 2.75) is 46.6 Å². The van der Waals surface area contributed by atoms with E-state index in [1.165, 1.54) is 0 Å². The molecule has 0 aliphatic rings. The summed E-state index contributed by atoms with van der Waals surface area (Å²) >= 11 is 3.45. The lowest BCUT2D eigenvalue weighted by molar-refractivity contribution is 0.0659. The number of amides is 1. The third-order valence-electron chi connectivity index (χ3n) is 6.27. The minimum absolute atomic E-state index is 0.0687. The molecule has 0 spiro atoms. The minimum atomic E-state index is -0.371. The Hall–Kier alpha value is -3.25. The maximum Gasteiger partial charge on any atom is 0.266 e. The first-order valence-corrected chi connectivity index (χ1v) is 12.8. The Balaban J connectivity index is 1.96. The molecule has 1 atom stereocenters. The van der Waals surface area contributed by atoms with Crippen LogP contribution in [0.1, 0.15) is 60.0 Å². The molecule has 180 valence electrons. The number of aromatic nitrogens is 2. The quantitative estimate of drug-likeness (QED) is 0.264. The number of fused-ring (bicyclic) bond motifs is 1. The van der Waals surface area contributed by atoms with Gasteiger partial charge in [-0.3, -0.25) is 14.2 Å². The first kappa shape index (κ1) is 24.9. The lowest BCUT2D eigenvalue weighted by Gasteiger charge is -2.32. The van der Waals surface area contributed by atoms with Gasteiger partial charge >= 0.3 is 0 Å². The number of hydrogen-bond acceptors (Lipinski definition) is 3. The molecule has 1 unspecified atom stereocenters. The number of nitrogens with zero attached hydrogens (tertiary/aromatic N) is 3. The summed E-state index contributed by atoms with van der Waals surface area (Å²) in [5.74, 6) is 0.517. The van der Waals surface area contributed by atoms with Crippen molar-refractivity contribution in [3.05, 3.63) is 104 Å². The number of halogens is 1. The monoisotopic (exact) mass is 531 g/mol. The SMILES string of the molecule is CCCN(C(=O)c1ccc(Br)cc1)C(CC)c1nc2ccccc2c(=O)n1-c1ccc(C)cc1C. The van der Waals surface area contributed by atoms with Crippen LogP contribution in [-0.2, 0) is 0 Å². The van der Waals surface area contributed by atoms with Crippen molar-refractivity contribution in [1.82, 2.24) is 14.5 Å². The second-order valence-electron chi connectivity index (χ2n) is 8.85. The van der Waals surface area contributed by atoms with Crippen LogP contribution < -0.4 is 5.56 Å². The maximum absolute atomic E-state index is 13.9. The van der Waals surface area contributed by atoms with Crippen LogP contribution in [0.2, 0.25) is 0 Å². The van der Waals surface area contributed by atoms with Gasteiger partial charge in [0.15, 0.2) is 0 Å². The number of aryl methyl sites for hydroxylation is 2. The molecule has 5 nitrogen and oxygen atoms in total. The zero-order valence-electron chi connectivity index (χ0n) is 20.6. The van der Waals surface area contributed by atoms with Gasteiger partial charge in [-0.2, -0.15) is 0 Å². The van der Waals surface area contributed by atoms with Crippen LogP contribution in [0.5, 0.6) is 0 Å². The predicted octanol–water partition coefficient (Wildman–Crippen LogP) is 6.77. The fourth-order valence-corrected chi connectivity index (χ4v) is 4.87. The van der Waals surface area contributed by atoms with Gasteiger partial charge in [0.1, 0.15) is 5.82 Å². The van der Waals surface area contributed by atoms with Crippen molar-refractivity contribution in [2.75, 3.05) is 6.54 Å². The molecule has 35 heavy (non-hydrogen) atoms. The molecule has 4 rings (SSSR count). The number of benzene rings is 3. The lowest BCUT2D eigenvalue weighted by Crippen LogP contribution is -2.39. The van der Waals surface area contributed by atoms with E-state index in [9.17, 15) is 9.59 Å². The highest BCUT2D eigenvalue weighted by Gasteiger charge is 2.29. The Labute approximate surface area is 214 Å². The van der Waals surface area contributed by atoms with Crippen molar-refractivity contribution in [1.29, 1.82) is 0 Å². The van der Waals surface area contributed by atoms with E-state index in [1.54, 1.807) is 4.57 Å². The van der Waals surface area contributed by atoms with Crippen LogP contribution in [-0.4, -0.2) is 26.9 Å². The highest BCUT2D eigenvalue weighted by atomic mass is 79.9. The zero-order valence-corrected chi connectivity index (χ0v) is 22.2. The van der Waals surface area contributed by atoms with E-state index in [1.807, 2.05) is 86.3 Å². The smallest absolute Gasteiger partial charge is 0.266 e. The second-order valence-corrected chi connectivity index (χ2v) is 9.76. The Morgan fingerprint density at radius 3 is 2.40 bits per heavy atom. The van der Waals surface area contributed by atoms with E-state index < -0.39 is 0 Å². The van der Waals surface area contributed by atoms with E-state index in [2.05, 4.69) is 28.9 Å². The van der Waals surface area contributed by atoms with Crippen LogP contribution in [0.4, 0.5) is 0 Å². The predicted molar refractivity (Wildman–Crippen MR) is 145 cm³/mol. The van der Waals surface area contributed by atoms with Crippen molar-refractivity contribution in [2.24, 2.45) is 0 Å². The van der Waals surface area contributed by atoms with Gasteiger partial charge in [-0.1, -0.05) is 59.6 Å². The van der Waals surface area contributed by atoms with E-state index in [0.717, 1.165) is 27.7 Å². The van der Waals surface area contributed by atoms with Gasteiger partial charge in [0.25, 0.3) is 11.5 Å². The average Bonchev–Trinajstić information content (AvgIpc) is 2.85. The molecular weight excluding hydrogens is 502 g/mol. The highest BCUT2D eigenvalue weighted by molar-refractivity contribution is 9.10. The normalized spacial score (nSPS) is 12.0. The number of para-hydroxylation sites is 1. The van der Waals surface area contributed by atoms with Crippen molar-refractivity contribution < 1.29 is 4.79 Å². The van der Waals surface area contributed by atoms with Crippen LogP contribution in [0.15, 0.2) is 76.0 Å². The molecule has 0 saturated heterocycles. The summed E-state index contributed by atoms with van der Waals surface area (Å²) in [5, 5.41) is 0.562. The summed E-state index contributed by atoms with van der Waals surface area (Å²) < 4.78 is 2.63. The first-order valence-electron chi connectivity index (χ1n) is 12.0. The lowest BCUT2D eigenvalue weighted by atomic mass is 10.1. The second kappa shape index (κ2) is 10.6. The molecule has 0 bridgehead atoms. The van der Waals surface area contributed by atoms with Gasteiger partial charge in [0, 0.05) is 16.6 Å². The van der Waals surface area contributed by atoms with Gasteiger partial charge in [0.2, 0.25) is 0 Å². The number of rotatable bonds is 7. The summed E-state index contributed by atoms with van der Waals surface area (Å²) in [4.78, 5) is 34.5. The van der Waals surface area contributed by atoms with Crippen molar-refractivity contribution >= 4 is 32.7 Å². The first-order chi connectivity index (χ1) is 16.8. The molecule has 4 aromatic rings. The van der Waals surface area contributed by atoms with Gasteiger partial charge in [-0.05, 0) is 74.7 Å². The van der Waals surface area contributed by atoms with E-state index in [-0.39, 0.29) is 17.5 Å². The zero-order chi connectivity index (χ0) is 25.1. The van der Waals surface area contributed by atoms with Crippen LogP contribution in [0.25, 0.3) is 16.6 Å². The summed E-state index contributed by atoms with van der Waals surface area (Å²) in [5.41, 5.74) is 4.03. The van der Waals surface area contributed by atoms with Crippen LogP contribution >= 0.6 is 15.9 Å². The third kappa shape index (κ3) is 4.94. The molecule has 1 amide bonds. The molecule has 0 aliphatic carbocycles. The molecule has 0 saturated carbocycles. The molecular formula is C29H30BrN3O2. The Morgan fingerprint density at radius 2 is 1.74 bits per heavy atom. The summed E-state index contributed by atoms with van der Waals surface area (Å²) in [6, 6.07) is 20.5. The minimum Gasteiger partial charge on any atom is -0.328 e. The summed E-state index contributed by atoms with van der Waals surface area (Å²) in [7, 11) is 0. The Morgan fingerprint density at radius 1 is 1.03 bits per heavy atom. The van der Waals surface area contributed by atoms with Crippen LogP contribution in [0.3, 0.4) is 0 Å². The van der Waals surface area contributed by atoms with Gasteiger partial charge in [-0.25, -0.2) is 4.98 Å². The highest BCUT2D eigenvalue weighted by Crippen LogP contribution is 2.29. The molecule has 3 aromatic carbocycles. The summed E-state index contributed by atoms with van der Waals surface area (Å²) in [6.45, 7) is 8.69. The molecule has 0 fully saturated rings. The van der Waals surface area contributed by atoms with Crippen molar-refractivity contribution in [3.8, 4) is 5.69 Å². The maximum atomic E-state index is 13.9. The average molecular weight is 532 g/mol.